The summed E-state index contributed by atoms with van der Waals surface area (Å²) in [5.74, 6) is 0.749. The largest absolute Gasteiger partial charge is 0.494 e. The molecule has 0 aromatic heterocycles. The summed E-state index contributed by atoms with van der Waals surface area (Å²) in [6.45, 7) is 10.8. The summed E-state index contributed by atoms with van der Waals surface area (Å²) in [5.41, 5.74) is 1.65. The lowest BCUT2D eigenvalue weighted by Gasteiger charge is -2.21. The monoisotopic (exact) mass is 285 g/mol. The molecule has 1 rings (SSSR count). The topological polar surface area (TPSA) is 46.6 Å². The Hall–Kier alpha value is -1.07. The van der Waals surface area contributed by atoms with Gasteiger partial charge >= 0.3 is 0 Å². The normalized spacial score (nSPS) is 11.9. The quantitative estimate of drug-likeness (QED) is 0.807. The molecule has 0 amide bonds. The van der Waals surface area contributed by atoms with Gasteiger partial charge in [0.15, 0.2) is 0 Å². The first-order valence-electron chi connectivity index (χ1n) is 6.63. The van der Waals surface area contributed by atoms with Gasteiger partial charge in [0.25, 0.3) is 0 Å². The summed E-state index contributed by atoms with van der Waals surface area (Å²) in [4.78, 5) is 0.372. The Kier molecular flexibility index (Phi) is 5.38. The summed E-state index contributed by atoms with van der Waals surface area (Å²) in [6.07, 6.45) is 0. The molecule has 0 aliphatic rings. The van der Waals surface area contributed by atoms with Crippen molar-refractivity contribution in [3.63, 3.8) is 0 Å². The molecule has 1 aromatic carbocycles. The molecule has 0 radical (unpaired) electrons. The lowest BCUT2D eigenvalue weighted by atomic mass is 10.1. The van der Waals surface area contributed by atoms with Gasteiger partial charge in [0, 0.05) is 13.1 Å². The molecule has 0 bridgehead atoms. The van der Waals surface area contributed by atoms with Crippen molar-refractivity contribution in [3.8, 4) is 5.75 Å². The van der Waals surface area contributed by atoms with Crippen LogP contribution in [0, 0.1) is 13.8 Å². The molecule has 0 unspecified atom stereocenters. The Labute approximate surface area is 116 Å². The average molecular weight is 285 g/mol. The van der Waals surface area contributed by atoms with Crippen molar-refractivity contribution in [2.75, 3.05) is 19.7 Å². The molecule has 0 aliphatic carbocycles. The third-order valence-electron chi connectivity index (χ3n) is 3.31. The van der Waals surface area contributed by atoms with Crippen LogP contribution in [-0.2, 0) is 10.0 Å². The summed E-state index contributed by atoms with van der Waals surface area (Å²) in [5, 5.41) is 0. The van der Waals surface area contributed by atoms with Crippen LogP contribution in [0.1, 0.15) is 31.9 Å². The SMILES string of the molecule is CCOc1ccc(S(=O)(=O)N(CC)CC)c(C)c1C. The van der Waals surface area contributed by atoms with Crippen LogP contribution in [0.2, 0.25) is 0 Å². The van der Waals surface area contributed by atoms with E-state index in [4.69, 9.17) is 4.74 Å². The van der Waals surface area contributed by atoms with E-state index in [1.54, 1.807) is 12.1 Å². The van der Waals surface area contributed by atoms with Crippen LogP contribution in [0.5, 0.6) is 5.75 Å². The van der Waals surface area contributed by atoms with Crippen molar-refractivity contribution < 1.29 is 13.2 Å². The number of hydrogen-bond donors (Lipinski definition) is 0. The van der Waals surface area contributed by atoms with Gasteiger partial charge in [0.2, 0.25) is 10.0 Å². The highest BCUT2D eigenvalue weighted by atomic mass is 32.2. The van der Waals surface area contributed by atoms with Crippen LogP contribution >= 0.6 is 0 Å². The number of ether oxygens (including phenoxy) is 1. The predicted molar refractivity (Wildman–Crippen MR) is 77.2 cm³/mol. The van der Waals surface area contributed by atoms with Gasteiger partial charge in [-0.25, -0.2) is 8.42 Å². The van der Waals surface area contributed by atoms with E-state index in [-0.39, 0.29) is 0 Å². The van der Waals surface area contributed by atoms with E-state index in [2.05, 4.69) is 0 Å². The van der Waals surface area contributed by atoms with Crippen LogP contribution in [0.3, 0.4) is 0 Å². The van der Waals surface area contributed by atoms with Crippen molar-refractivity contribution in [1.82, 2.24) is 4.31 Å². The second-order valence-corrected chi connectivity index (χ2v) is 6.24. The van der Waals surface area contributed by atoms with Crippen molar-refractivity contribution in [1.29, 1.82) is 0 Å². The molecule has 4 nitrogen and oxygen atoms in total. The molecular formula is C14H23NO3S. The van der Waals surface area contributed by atoms with E-state index in [9.17, 15) is 8.42 Å². The fourth-order valence-corrected chi connectivity index (χ4v) is 3.80. The zero-order valence-electron chi connectivity index (χ0n) is 12.4. The first kappa shape index (κ1) is 16.0. The van der Waals surface area contributed by atoms with Gasteiger partial charge in [-0.05, 0) is 44.0 Å². The Balaban J connectivity index is 3.33. The molecule has 5 heteroatoms. The maximum Gasteiger partial charge on any atom is 0.243 e. The number of rotatable bonds is 6. The van der Waals surface area contributed by atoms with Gasteiger partial charge in [0.1, 0.15) is 5.75 Å². The minimum absolute atomic E-state index is 0.372. The number of sulfonamides is 1. The smallest absolute Gasteiger partial charge is 0.243 e. The first-order chi connectivity index (χ1) is 8.89. The fraction of sp³-hybridized carbons (Fsp3) is 0.571. The first-order valence-corrected chi connectivity index (χ1v) is 8.07. The van der Waals surface area contributed by atoms with E-state index in [1.807, 2.05) is 34.6 Å². The molecular weight excluding hydrogens is 262 g/mol. The van der Waals surface area contributed by atoms with Crippen LogP contribution in [0.15, 0.2) is 17.0 Å². The Morgan fingerprint density at radius 3 is 2.11 bits per heavy atom. The molecule has 0 N–H and O–H groups in total. The molecule has 1 aromatic rings. The van der Waals surface area contributed by atoms with Crippen LogP contribution < -0.4 is 4.74 Å². The molecule has 0 saturated carbocycles. The summed E-state index contributed by atoms with van der Waals surface area (Å²) < 4.78 is 32.0. The van der Waals surface area contributed by atoms with E-state index in [0.717, 1.165) is 16.9 Å². The highest BCUT2D eigenvalue weighted by Gasteiger charge is 2.24. The molecule has 19 heavy (non-hydrogen) atoms. The zero-order chi connectivity index (χ0) is 14.6. The van der Waals surface area contributed by atoms with Gasteiger partial charge in [-0.2, -0.15) is 4.31 Å². The minimum atomic E-state index is -3.41. The van der Waals surface area contributed by atoms with Crippen molar-refractivity contribution >= 4 is 10.0 Å². The van der Waals surface area contributed by atoms with Gasteiger partial charge in [-0.3, -0.25) is 0 Å². The van der Waals surface area contributed by atoms with Crippen molar-refractivity contribution in [3.05, 3.63) is 23.3 Å². The van der Waals surface area contributed by atoms with E-state index < -0.39 is 10.0 Å². The number of hydrogen-bond acceptors (Lipinski definition) is 3. The van der Waals surface area contributed by atoms with E-state index >= 15 is 0 Å². The number of nitrogens with zero attached hydrogens (tertiary/aromatic N) is 1. The summed E-state index contributed by atoms with van der Waals surface area (Å²) >= 11 is 0. The third-order valence-corrected chi connectivity index (χ3v) is 5.51. The zero-order valence-corrected chi connectivity index (χ0v) is 13.2. The second kappa shape index (κ2) is 6.39. The highest BCUT2D eigenvalue weighted by molar-refractivity contribution is 7.89. The maximum absolute atomic E-state index is 12.5. The van der Waals surface area contributed by atoms with E-state index in [0.29, 0.717) is 24.6 Å². The minimum Gasteiger partial charge on any atom is -0.494 e. The van der Waals surface area contributed by atoms with Crippen molar-refractivity contribution in [2.45, 2.75) is 39.5 Å². The fourth-order valence-electron chi connectivity index (χ4n) is 2.06. The van der Waals surface area contributed by atoms with E-state index in [1.165, 1.54) is 4.31 Å². The Morgan fingerprint density at radius 2 is 1.63 bits per heavy atom. The Morgan fingerprint density at radius 1 is 1.05 bits per heavy atom. The van der Waals surface area contributed by atoms with Gasteiger partial charge in [0.05, 0.1) is 11.5 Å². The molecule has 0 aliphatic heterocycles. The van der Waals surface area contributed by atoms with Crippen LogP contribution in [0.25, 0.3) is 0 Å². The molecule has 108 valence electrons. The standard InChI is InChI=1S/C14H23NO3S/c1-6-15(7-2)19(16,17)14-10-9-13(18-8-3)11(4)12(14)5/h9-10H,6-8H2,1-5H3. The van der Waals surface area contributed by atoms with Gasteiger partial charge in [-0.1, -0.05) is 13.8 Å². The molecule has 0 fully saturated rings. The second-order valence-electron chi connectivity index (χ2n) is 4.33. The molecule has 0 saturated heterocycles. The lowest BCUT2D eigenvalue weighted by Crippen LogP contribution is -2.31. The number of benzene rings is 1. The lowest BCUT2D eigenvalue weighted by molar-refractivity contribution is 0.337. The van der Waals surface area contributed by atoms with Crippen LogP contribution in [0.4, 0.5) is 0 Å². The highest BCUT2D eigenvalue weighted by Crippen LogP contribution is 2.28. The van der Waals surface area contributed by atoms with Gasteiger partial charge < -0.3 is 4.74 Å². The summed E-state index contributed by atoms with van der Waals surface area (Å²) in [7, 11) is -3.41. The summed E-state index contributed by atoms with van der Waals surface area (Å²) in [6, 6.07) is 3.38. The Bertz CT molecular complexity index is 534. The molecule has 0 spiro atoms. The van der Waals surface area contributed by atoms with Gasteiger partial charge in [-0.15, -0.1) is 0 Å². The van der Waals surface area contributed by atoms with Crippen molar-refractivity contribution in [2.24, 2.45) is 0 Å². The predicted octanol–water partition coefficient (Wildman–Crippen LogP) is 2.73. The maximum atomic E-state index is 12.5. The van der Waals surface area contributed by atoms with Crippen LogP contribution in [-0.4, -0.2) is 32.4 Å². The average Bonchev–Trinajstić information content (AvgIpc) is 2.36. The molecule has 0 heterocycles. The molecule has 0 atom stereocenters. The third kappa shape index (κ3) is 3.09.